The molecular formula is C28H29ClN2O5. The number of oxime groups is 1. The number of aryl methyl sites for hydroxylation is 1. The van der Waals surface area contributed by atoms with Crippen LogP contribution in [0.1, 0.15) is 23.1 Å². The second kappa shape index (κ2) is 11.2. The van der Waals surface area contributed by atoms with Crippen LogP contribution in [0.25, 0.3) is 0 Å². The molecule has 0 bridgehead atoms. The summed E-state index contributed by atoms with van der Waals surface area (Å²) in [4.78, 5) is 7.93. The first-order valence-corrected chi connectivity index (χ1v) is 12.4. The third-order valence-electron chi connectivity index (χ3n) is 6.25. The van der Waals surface area contributed by atoms with Crippen molar-refractivity contribution in [2.45, 2.75) is 32.1 Å². The van der Waals surface area contributed by atoms with Gasteiger partial charge in [-0.05, 0) is 48.4 Å². The van der Waals surface area contributed by atoms with Crippen molar-refractivity contribution in [1.82, 2.24) is 4.90 Å². The molecule has 0 aromatic heterocycles. The van der Waals surface area contributed by atoms with E-state index in [0.29, 0.717) is 31.1 Å². The summed E-state index contributed by atoms with van der Waals surface area (Å²) in [5, 5.41) is 15.8. The topological polar surface area (TPSA) is 72.8 Å². The van der Waals surface area contributed by atoms with Crippen molar-refractivity contribution >= 4 is 17.3 Å². The Balaban J connectivity index is 1.23. The van der Waals surface area contributed by atoms with Gasteiger partial charge in [0.2, 0.25) is 6.79 Å². The fourth-order valence-electron chi connectivity index (χ4n) is 4.39. The lowest BCUT2D eigenvalue weighted by atomic mass is 10.0. The zero-order chi connectivity index (χ0) is 24.9. The van der Waals surface area contributed by atoms with Gasteiger partial charge in [-0.25, -0.2) is 0 Å². The lowest BCUT2D eigenvalue weighted by molar-refractivity contribution is 0.0212. The number of ether oxygens (including phenoxy) is 3. The minimum absolute atomic E-state index is 0.155. The monoisotopic (exact) mass is 508 g/mol. The minimum Gasteiger partial charge on any atom is -0.491 e. The molecule has 0 aliphatic carbocycles. The quantitative estimate of drug-likeness (QED) is 0.423. The van der Waals surface area contributed by atoms with Gasteiger partial charge in [-0.3, -0.25) is 4.90 Å². The van der Waals surface area contributed by atoms with E-state index in [0.717, 1.165) is 39.7 Å². The molecule has 0 saturated carbocycles. The first-order valence-electron chi connectivity index (χ1n) is 12.0. The van der Waals surface area contributed by atoms with Crippen molar-refractivity contribution in [2.75, 3.05) is 26.5 Å². The van der Waals surface area contributed by atoms with E-state index in [2.05, 4.69) is 10.1 Å². The predicted octanol–water partition coefficient (Wildman–Crippen LogP) is 4.81. The fourth-order valence-corrected chi connectivity index (χ4v) is 4.58. The molecule has 0 saturated heterocycles. The number of aliphatic hydroxyl groups is 1. The molecule has 0 radical (unpaired) electrons. The highest BCUT2D eigenvalue weighted by atomic mass is 35.5. The van der Waals surface area contributed by atoms with Gasteiger partial charge in [-0.1, -0.05) is 53.2 Å². The van der Waals surface area contributed by atoms with Crippen LogP contribution in [-0.4, -0.2) is 54.4 Å². The van der Waals surface area contributed by atoms with E-state index < -0.39 is 6.10 Å². The van der Waals surface area contributed by atoms with Crippen molar-refractivity contribution in [3.05, 3.63) is 88.4 Å². The third-order valence-corrected chi connectivity index (χ3v) is 6.61. The van der Waals surface area contributed by atoms with Crippen LogP contribution >= 0.6 is 11.6 Å². The van der Waals surface area contributed by atoms with Gasteiger partial charge in [0.15, 0.2) is 11.5 Å². The number of para-hydroxylation sites is 1. The zero-order valence-corrected chi connectivity index (χ0v) is 20.9. The van der Waals surface area contributed by atoms with Crippen LogP contribution in [0.4, 0.5) is 0 Å². The molecule has 1 N–H and O–H groups in total. The molecule has 3 aromatic rings. The maximum atomic E-state index is 10.8. The summed E-state index contributed by atoms with van der Waals surface area (Å²) in [5.74, 6) is 2.23. The summed E-state index contributed by atoms with van der Waals surface area (Å²) in [5.41, 5.74) is 3.83. The van der Waals surface area contributed by atoms with Gasteiger partial charge in [0, 0.05) is 36.6 Å². The number of aliphatic hydroxyl groups excluding tert-OH is 1. The molecular weight excluding hydrogens is 480 g/mol. The Morgan fingerprint density at radius 3 is 2.75 bits per heavy atom. The Hall–Kier alpha value is -3.26. The molecule has 5 rings (SSSR count). The average molecular weight is 509 g/mol. The number of hydrogen-bond donors (Lipinski definition) is 1. The van der Waals surface area contributed by atoms with E-state index in [1.807, 2.05) is 73.7 Å². The van der Waals surface area contributed by atoms with Crippen LogP contribution < -0.4 is 14.2 Å². The molecule has 188 valence electrons. The van der Waals surface area contributed by atoms with Crippen LogP contribution in [0.5, 0.6) is 17.2 Å². The smallest absolute Gasteiger partial charge is 0.231 e. The Kier molecular flexibility index (Phi) is 7.60. The lowest BCUT2D eigenvalue weighted by Crippen LogP contribution is -2.39. The molecule has 8 heteroatoms. The Morgan fingerprint density at radius 1 is 1.08 bits per heavy atom. The van der Waals surface area contributed by atoms with E-state index >= 15 is 0 Å². The summed E-state index contributed by atoms with van der Waals surface area (Å²) in [6.07, 6.45) is -0.200. The molecule has 0 fully saturated rings. The van der Waals surface area contributed by atoms with Crippen LogP contribution in [0.3, 0.4) is 0 Å². The number of hydrogen-bond acceptors (Lipinski definition) is 7. The van der Waals surface area contributed by atoms with E-state index in [9.17, 15) is 5.11 Å². The summed E-state index contributed by atoms with van der Waals surface area (Å²) in [6.45, 7) is 3.95. The van der Waals surface area contributed by atoms with Gasteiger partial charge < -0.3 is 24.2 Å². The van der Waals surface area contributed by atoms with Crippen LogP contribution in [-0.2, 0) is 11.4 Å². The van der Waals surface area contributed by atoms with E-state index in [1.54, 1.807) is 0 Å². The van der Waals surface area contributed by atoms with Crippen LogP contribution in [0.15, 0.2) is 71.9 Å². The Labute approximate surface area is 215 Å². The summed E-state index contributed by atoms with van der Waals surface area (Å²) in [7, 11) is 0. The fraction of sp³-hybridized carbons (Fsp3) is 0.321. The van der Waals surface area contributed by atoms with Crippen molar-refractivity contribution < 1.29 is 24.2 Å². The van der Waals surface area contributed by atoms with E-state index in [4.69, 9.17) is 30.6 Å². The highest BCUT2D eigenvalue weighted by Crippen LogP contribution is 2.34. The van der Waals surface area contributed by atoms with E-state index in [1.165, 1.54) is 0 Å². The third kappa shape index (κ3) is 5.93. The predicted molar refractivity (Wildman–Crippen MR) is 138 cm³/mol. The number of fused-ring (bicyclic) bond motifs is 1. The first-order chi connectivity index (χ1) is 17.5. The Bertz CT molecular complexity index is 1230. The summed E-state index contributed by atoms with van der Waals surface area (Å²) < 4.78 is 16.8. The highest BCUT2D eigenvalue weighted by Gasteiger charge is 2.27. The van der Waals surface area contributed by atoms with Gasteiger partial charge in [0.05, 0.1) is 5.71 Å². The van der Waals surface area contributed by atoms with Gasteiger partial charge >= 0.3 is 0 Å². The second-order valence-electron chi connectivity index (χ2n) is 9.05. The summed E-state index contributed by atoms with van der Waals surface area (Å²) >= 11 is 6.44. The van der Waals surface area contributed by atoms with Gasteiger partial charge in [-0.15, -0.1) is 0 Å². The molecule has 2 aliphatic heterocycles. The van der Waals surface area contributed by atoms with Crippen molar-refractivity contribution in [3.8, 4) is 17.2 Å². The second-order valence-corrected chi connectivity index (χ2v) is 9.46. The number of nitrogens with zero attached hydrogens (tertiary/aromatic N) is 2. The number of halogens is 1. The van der Waals surface area contributed by atoms with E-state index in [-0.39, 0.29) is 19.5 Å². The standard InChI is InChI=1S/C28H29ClN2O5/c1-19-6-2-5-9-26(19)33-17-22(32)15-31(14-21-7-3-4-8-24(21)29)16-23-13-25(30-36-23)20-10-11-27-28(12-20)35-18-34-27/h2-12,22-23,32H,13-18H2,1H3. The van der Waals surface area contributed by atoms with Gasteiger partial charge in [0.25, 0.3) is 0 Å². The Morgan fingerprint density at radius 2 is 1.89 bits per heavy atom. The molecule has 3 aromatic carbocycles. The van der Waals surface area contributed by atoms with Crippen molar-refractivity contribution in [3.63, 3.8) is 0 Å². The molecule has 2 atom stereocenters. The maximum Gasteiger partial charge on any atom is 0.231 e. The lowest BCUT2D eigenvalue weighted by Gasteiger charge is -2.27. The largest absolute Gasteiger partial charge is 0.491 e. The average Bonchev–Trinajstić information content (AvgIpc) is 3.54. The molecule has 2 aliphatic rings. The first kappa shape index (κ1) is 24.4. The highest BCUT2D eigenvalue weighted by molar-refractivity contribution is 6.31. The SMILES string of the molecule is Cc1ccccc1OCC(O)CN(Cc1ccccc1Cl)CC1CC(c2ccc3c(c2)OCO3)=NO1. The normalized spacial score (nSPS) is 17.1. The van der Waals surface area contributed by atoms with Crippen molar-refractivity contribution in [1.29, 1.82) is 0 Å². The molecule has 2 heterocycles. The van der Waals surface area contributed by atoms with Crippen molar-refractivity contribution in [2.24, 2.45) is 5.16 Å². The minimum atomic E-state index is -0.692. The van der Waals surface area contributed by atoms with Crippen LogP contribution in [0.2, 0.25) is 5.02 Å². The maximum absolute atomic E-state index is 10.8. The molecule has 2 unspecified atom stereocenters. The molecule has 36 heavy (non-hydrogen) atoms. The number of rotatable bonds is 10. The van der Waals surface area contributed by atoms with Crippen LogP contribution in [0, 0.1) is 6.92 Å². The molecule has 0 amide bonds. The molecule has 0 spiro atoms. The van der Waals surface area contributed by atoms with Gasteiger partial charge in [-0.2, -0.15) is 0 Å². The van der Waals surface area contributed by atoms with Gasteiger partial charge in [0.1, 0.15) is 24.6 Å². The number of benzene rings is 3. The summed E-state index contributed by atoms with van der Waals surface area (Å²) in [6, 6.07) is 21.3. The molecule has 7 nitrogen and oxygen atoms in total. The zero-order valence-electron chi connectivity index (χ0n) is 20.1.